The van der Waals surface area contributed by atoms with E-state index in [1.165, 1.54) is 18.2 Å². The van der Waals surface area contributed by atoms with Gasteiger partial charge in [0.15, 0.2) is 0 Å². The maximum absolute atomic E-state index is 12.9. The first-order valence-electron chi connectivity index (χ1n) is 4.38. The van der Waals surface area contributed by atoms with Gasteiger partial charge in [-0.15, -0.1) is 0 Å². The highest BCUT2D eigenvalue weighted by Crippen LogP contribution is 2.26. The van der Waals surface area contributed by atoms with Crippen molar-refractivity contribution in [2.75, 3.05) is 0 Å². The molecule has 2 aromatic rings. The van der Waals surface area contributed by atoms with Crippen molar-refractivity contribution in [1.29, 1.82) is 0 Å². The second-order valence-electron chi connectivity index (χ2n) is 3.07. The molecule has 0 aromatic heterocycles. The summed E-state index contributed by atoms with van der Waals surface area (Å²) in [6.07, 6.45) is 0. The lowest BCUT2D eigenvalue weighted by molar-refractivity contribution is 0.289. The average Bonchev–Trinajstić information content (AvgIpc) is 2.16. The van der Waals surface area contributed by atoms with Crippen molar-refractivity contribution in [3.63, 3.8) is 0 Å². The predicted octanol–water partition coefficient (Wildman–Crippen LogP) is 1.33. The van der Waals surface area contributed by atoms with E-state index in [1.807, 2.05) is 0 Å². The molecule has 2 N–H and O–H groups in total. The summed E-state index contributed by atoms with van der Waals surface area (Å²) in [4.78, 5) is 0. The van der Waals surface area contributed by atoms with Crippen LogP contribution in [0.15, 0.2) is 36.4 Å². The van der Waals surface area contributed by atoms with Gasteiger partial charge in [0.1, 0.15) is 11.6 Å². The van der Waals surface area contributed by atoms with E-state index in [9.17, 15) is 4.39 Å². The molecule has 2 aromatic carbocycles. The molecule has 0 saturated carbocycles. The molecule has 0 unspecified atom stereocenters. The van der Waals surface area contributed by atoms with Gasteiger partial charge in [0, 0.05) is 5.39 Å². The molecule has 2 rings (SSSR count). The Morgan fingerprint density at radius 2 is 1.93 bits per heavy atom. The lowest BCUT2D eigenvalue weighted by atomic mass is 10.1. The van der Waals surface area contributed by atoms with Gasteiger partial charge >= 0.3 is 7.32 Å². The molecule has 15 heavy (non-hydrogen) atoms. The molecular weight excluding hydrogens is 198 g/mol. The van der Waals surface area contributed by atoms with Crippen LogP contribution in [0, 0.1) is 5.82 Å². The Morgan fingerprint density at radius 3 is 2.67 bits per heavy atom. The normalized spacial score (nSPS) is 10.3. The Kier molecular flexibility index (Phi) is 2.57. The summed E-state index contributed by atoms with van der Waals surface area (Å²) in [5.41, 5.74) is 0. The van der Waals surface area contributed by atoms with Gasteiger partial charge in [-0.1, -0.05) is 12.1 Å². The molecule has 0 aliphatic heterocycles. The highest BCUT2D eigenvalue weighted by molar-refractivity contribution is 6.34. The Morgan fingerprint density at radius 1 is 1.13 bits per heavy atom. The summed E-state index contributed by atoms with van der Waals surface area (Å²) in [6.45, 7) is 0. The Bertz CT molecular complexity index is 487. The molecule has 3 nitrogen and oxygen atoms in total. The van der Waals surface area contributed by atoms with E-state index in [-0.39, 0.29) is 5.82 Å². The smallest absolute Gasteiger partial charge is 0.512 e. The zero-order valence-corrected chi connectivity index (χ0v) is 7.72. The lowest BCUT2D eigenvalue weighted by Crippen LogP contribution is -2.20. The standard InChI is InChI=1S/C10H8BFO3/c12-8-4-5-9-7(6-8)2-1-3-10(9)15-11(13)14/h1-6,13-14H. The third-order valence-electron chi connectivity index (χ3n) is 2.03. The average molecular weight is 206 g/mol. The molecule has 76 valence electrons. The van der Waals surface area contributed by atoms with Crippen LogP contribution in [0.3, 0.4) is 0 Å². The molecule has 0 atom stereocenters. The number of hydrogen-bond acceptors (Lipinski definition) is 3. The second-order valence-corrected chi connectivity index (χ2v) is 3.07. The molecule has 0 spiro atoms. The first-order chi connectivity index (χ1) is 7.16. The van der Waals surface area contributed by atoms with Gasteiger partial charge < -0.3 is 14.7 Å². The van der Waals surface area contributed by atoms with Crippen molar-refractivity contribution >= 4 is 18.1 Å². The summed E-state index contributed by atoms with van der Waals surface area (Å²) >= 11 is 0. The highest BCUT2D eigenvalue weighted by Gasteiger charge is 2.13. The van der Waals surface area contributed by atoms with Crippen LogP contribution in [0.5, 0.6) is 5.75 Å². The molecule has 0 radical (unpaired) electrons. The number of hydrogen-bond donors (Lipinski definition) is 2. The summed E-state index contributed by atoms with van der Waals surface area (Å²) in [7, 11) is -1.87. The second kappa shape index (κ2) is 3.88. The van der Waals surface area contributed by atoms with E-state index < -0.39 is 7.32 Å². The first-order valence-corrected chi connectivity index (χ1v) is 4.38. The molecule has 0 heterocycles. The molecule has 0 fully saturated rings. The van der Waals surface area contributed by atoms with Crippen molar-refractivity contribution in [2.45, 2.75) is 0 Å². The molecule has 0 aliphatic rings. The van der Waals surface area contributed by atoms with Crippen LogP contribution >= 0.6 is 0 Å². The summed E-state index contributed by atoms with van der Waals surface area (Å²) in [5, 5.41) is 18.6. The van der Waals surface area contributed by atoms with Crippen LogP contribution in [-0.2, 0) is 0 Å². The van der Waals surface area contributed by atoms with Crippen molar-refractivity contribution < 1.29 is 19.1 Å². The van der Waals surface area contributed by atoms with E-state index in [0.29, 0.717) is 16.5 Å². The summed E-state index contributed by atoms with van der Waals surface area (Å²) in [5.74, 6) is -0.0355. The number of halogens is 1. The Hall–Kier alpha value is -1.59. The minimum absolute atomic E-state index is 0.308. The zero-order valence-electron chi connectivity index (χ0n) is 7.72. The number of benzene rings is 2. The van der Waals surface area contributed by atoms with Gasteiger partial charge in [0.25, 0.3) is 0 Å². The van der Waals surface area contributed by atoms with Gasteiger partial charge in [0.2, 0.25) is 0 Å². The van der Waals surface area contributed by atoms with E-state index in [4.69, 9.17) is 14.7 Å². The number of rotatable bonds is 2. The van der Waals surface area contributed by atoms with Crippen molar-refractivity contribution in [3.8, 4) is 5.75 Å². The van der Waals surface area contributed by atoms with Crippen molar-refractivity contribution in [3.05, 3.63) is 42.2 Å². The van der Waals surface area contributed by atoms with Crippen LogP contribution in [0.1, 0.15) is 0 Å². The lowest BCUT2D eigenvalue weighted by Gasteiger charge is -2.08. The fraction of sp³-hybridized carbons (Fsp3) is 0. The molecular formula is C10H8BFO3. The first kappa shape index (κ1) is 9.95. The zero-order chi connectivity index (χ0) is 10.8. The van der Waals surface area contributed by atoms with Crippen molar-refractivity contribution in [2.24, 2.45) is 0 Å². The quantitative estimate of drug-likeness (QED) is 0.728. The van der Waals surface area contributed by atoms with Crippen LogP contribution in [0.4, 0.5) is 4.39 Å². The van der Waals surface area contributed by atoms with Gasteiger partial charge in [-0.05, 0) is 29.7 Å². The fourth-order valence-electron chi connectivity index (χ4n) is 1.44. The topological polar surface area (TPSA) is 49.7 Å². The molecule has 0 amide bonds. The highest BCUT2D eigenvalue weighted by atomic mass is 19.1. The maximum atomic E-state index is 12.9. The van der Waals surface area contributed by atoms with E-state index in [2.05, 4.69) is 0 Å². The monoisotopic (exact) mass is 206 g/mol. The minimum atomic E-state index is -1.87. The predicted molar refractivity (Wildman–Crippen MR) is 54.7 cm³/mol. The number of fused-ring (bicyclic) bond motifs is 1. The van der Waals surface area contributed by atoms with Gasteiger partial charge in [-0.2, -0.15) is 0 Å². The largest absolute Gasteiger partial charge is 0.707 e. The molecule has 0 saturated heterocycles. The third-order valence-corrected chi connectivity index (χ3v) is 2.03. The van der Waals surface area contributed by atoms with E-state index >= 15 is 0 Å². The molecule has 5 heteroatoms. The Labute approximate surface area is 85.9 Å². The molecule has 0 bridgehead atoms. The summed E-state index contributed by atoms with van der Waals surface area (Å²) in [6, 6.07) is 9.13. The van der Waals surface area contributed by atoms with Gasteiger partial charge in [-0.3, -0.25) is 0 Å². The summed E-state index contributed by atoms with van der Waals surface area (Å²) < 4.78 is 17.6. The van der Waals surface area contributed by atoms with Crippen LogP contribution in [0.25, 0.3) is 10.8 Å². The third kappa shape index (κ3) is 2.08. The van der Waals surface area contributed by atoms with Crippen LogP contribution < -0.4 is 4.65 Å². The molecule has 0 aliphatic carbocycles. The van der Waals surface area contributed by atoms with Crippen molar-refractivity contribution in [1.82, 2.24) is 0 Å². The van der Waals surface area contributed by atoms with Crippen LogP contribution in [0.2, 0.25) is 0 Å². The fourth-order valence-corrected chi connectivity index (χ4v) is 1.44. The van der Waals surface area contributed by atoms with Crippen LogP contribution in [-0.4, -0.2) is 17.4 Å². The maximum Gasteiger partial charge on any atom is 0.707 e. The van der Waals surface area contributed by atoms with E-state index in [1.54, 1.807) is 18.2 Å². The van der Waals surface area contributed by atoms with E-state index in [0.717, 1.165) is 0 Å². The minimum Gasteiger partial charge on any atom is -0.512 e. The SMILES string of the molecule is OB(O)Oc1cccc2cc(F)ccc12. The Balaban J connectivity index is 2.56. The van der Waals surface area contributed by atoms with Gasteiger partial charge in [-0.25, -0.2) is 4.39 Å². The van der Waals surface area contributed by atoms with Gasteiger partial charge in [0.05, 0.1) is 0 Å².